The predicted octanol–water partition coefficient (Wildman–Crippen LogP) is 0.630. The van der Waals surface area contributed by atoms with Gasteiger partial charge in [0.2, 0.25) is 0 Å². The molecule has 3 nitrogen and oxygen atoms in total. The molecule has 0 bridgehead atoms. The molecule has 0 spiro atoms. The highest BCUT2D eigenvalue weighted by Crippen LogP contribution is 2.37. The monoisotopic (exact) mass is 153 g/mol. The van der Waals surface area contributed by atoms with Crippen LogP contribution in [0.5, 0.6) is 0 Å². The molecular weight excluding hydrogens is 142 g/mol. The zero-order valence-corrected chi connectivity index (χ0v) is 6.50. The Morgan fingerprint density at radius 1 is 1.91 bits per heavy atom. The van der Waals surface area contributed by atoms with Gasteiger partial charge in [-0.15, -0.1) is 0 Å². The van der Waals surface area contributed by atoms with Crippen LogP contribution in [0.25, 0.3) is 0 Å². The minimum Gasteiger partial charge on any atom is -0.392 e. The highest BCUT2D eigenvalue weighted by molar-refractivity contribution is 5.87. The van der Waals surface area contributed by atoms with Gasteiger partial charge in [-0.2, -0.15) is 5.26 Å². The number of aliphatic hydroxyl groups excluding tert-OH is 1. The van der Waals surface area contributed by atoms with Gasteiger partial charge >= 0.3 is 0 Å². The summed E-state index contributed by atoms with van der Waals surface area (Å²) in [6.45, 7) is 1.66. The molecule has 0 aromatic carbocycles. The highest BCUT2D eigenvalue weighted by Gasteiger charge is 2.44. The average Bonchev–Trinajstić information content (AvgIpc) is 2.19. The van der Waals surface area contributed by atoms with E-state index in [2.05, 4.69) is 0 Å². The number of rotatable bonds is 1. The summed E-state index contributed by atoms with van der Waals surface area (Å²) < 4.78 is 0. The maximum Gasteiger partial charge on any atom is 0.142 e. The largest absolute Gasteiger partial charge is 0.392 e. The quantitative estimate of drug-likeness (QED) is 0.601. The topological polar surface area (TPSA) is 61.1 Å². The van der Waals surface area contributed by atoms with Crippen molar-refractivity contribution in [2.24, 2.45) is 5.41 Å². The lowest BCUT2D eigenvalue weighted by Crippen LogP contribution is -2.32. The van der Waals surface area contributed by atoms with Gasteiger partial charge in [-0.1, -0.05) is 0 Å². The number of hydrogen-bond acceptors (Lipinski definition) is 3. The third-order valence-corrected chi connectivity index (χ3v) is 2.46. The second-order valence-corrected chi connectivity index (χ2v) is 3.23. The summed E-state index contributed by atoms with van der Waals surface area (Å²) in [4.78, 5) is 11.2. The van der Waals surface area contributed by atoms with Gasteiger partial charge in [-0.3, -0.25) is 4.79 Å². The summed E-state index contributed by atoms with van der Waals surface area (Å²) >= 11 is 0. The van der Waals surface area contributed by atoms with Gasteiger partial charge in [0, 0.05) is 12.8 Å². The van der Waals surface area contributed by atoms with E-state index < -0.39 is 11.5 Å². The van der Waals surface area contributed by atoms with E-state index >= 15 is 0 Å². The van der Waals surface area contributed by atoms with E-state index in [4.69, 9.17) is 5.26 Å². The zero-order valence-electron chi connectivity index (χ0n) is 6.50. The number of ketones is 1. The molecule has 1 rings (SSSR count). The molecule has 1 N–H and O–H groups in total. The normalized spacial score (nSPS) is 37.2. The SMILES string of the molecule is C[C@@]1(CC#N)C(=O)CC[C@@H]1O. The minimum atomic E-state index is -0.783. The van der Waals surface area contributed by atoms with Crippen LogP contribution in [-0.2, 0) is 4.79 Å². The van der Waals surface area contributed by atoms with Crippen LogP contribution in [0.2, 0.25) is 0 Å². The fourth-order valence-electron chi connectivity index (χ4n) is 1.44. The van der Waals surface area contributed by atoms with Gasteiger partial charge in [0.25, 0.3) is 0 Å². The Balaban J connectivity index is 2.81. The maximum atomic E-state index is 11.2. The third kappa shape index (κ3) is 1.14. The van der Waals surface area contributed by atoms with Crippen molar-refractivity contribution in [1.29, 1.82) is 5.26 Å². The lowest BCUT2D eigenvalue weighted by Gasteiger charge is -2.22. The van der Waals surface area contributed by atoms with E-state index in [0.717, 1.165) is 0 Å². The second-order valence-electron chi connectivity index (χ2n) is 3.23. The van der Waals surface area contributed by atoms with Crippen LogP contribution in [0.3, 0.4) is 0 Å². The number of aliphatic hydroxyl groups is 1. The smallest absolute Gasteiger partial charge is 0.142 e. The number of nitriles is 1. The molecule has 60 valence electrons. The van der Waals surface area contributed by atoms with Crippen LogP contribution in [-0.4, -0.2) is 17.0 Å². The van der Waals surface area contributed by atoms with Crippen LogP contribution >= 0.6 is 0 Å². The third-order valence-electron chi connectivity index (χ3n) is 2.46. The standard InChI is InChI=1S/C8H11NO2/c1-8(4-5-9)6(10)2-3-7(8)11/h6,10H,2-4H2,1H3/t6-,8-/m0/s1. The lowest BCUT2D eigenvalue weighted by molar-refractivity contribution is -0.127. The summed E-state index contributed by atoms with van der Waals surface area (Å²) in [6, 6.07) is 1.93. The van der Waals surface area contributed by atoms with Crippen LogP contribution in [0.4, 0.5) is 0 Å². The highest BCUT2D eigenvalue weighted by atomic mass is 16.3. The fourth-order valence-corrected chi connectivity index (χ4v) is 1.44. The molecule has 1 fully saturated rings. The van der Waals surface area contributed by atoms with Crippen molar-refractivity contribution in [3.8, 4) is 6.07 Å². The molecule has 0 aliphatic heterocycles. The van der Waals surface area contributed by atoms with E-state index in [0.29, 0.717) is 12.8 Å². The Labute approximate surface area is 65.6 Å². The fraction of sp³-hybridized carbons (Fsp3) is 0.750. The molecule has 0 amide bonds. The van der Waals surface area contributed by atoms with Crippen LogP contribution in [0.15, 0.2) is 0 Å². The number of carbonyl (C=O) groups is 1. The van der Waals surface area contributed by atoms with Crippen LogP contribution < -0.4 is 0 Å². The van der Waals surface area contributed by atoms with E-state index in [-0.39, 0.29) is 12.2 Å². The van der Waals surface area contributed by atoms with Crippen LogP contribution in [0, 0.1) is 16.7 Å². The number of Topliss-reactive ketones (excluding diaryl/α,β-unsaturated/α-hetero) is 1. The first-order valence-corrected chi connectivity index (χ1v) is 3.69. The van der Waals surface area contributed by atoms with Crippen molar-refractivity contribution in [2.45, 2.75) is 32.3 Å². The molecule has 0 aromatic heterocycles. The van der Waals surface area contributed by atoms with Crippen molar-refractivity contribution in [3.63, 3.8) is 0 Å². The first-order chi connectivity index (χ1) is 5.11. The summed E-state index contributed by atoms with van der Waals surface area (Å²) in [6.07, 6.45) is 0.443. The maximum absolute atomic E-state index is 11.2. The molecule has 11 heavy (non-hydrogen) atoms. The van der Waals surface area contributed by atoms with Crippen LogP contribution in [0.1, 0.15) is 26.2 Å². The van der Waals surface area contributed by atoms with Crippen molar-refractivity contribution >= 4 is 5.78 Å². The molecule has 2 atom stereocenters. The molecule has 0 aromatic rings. The lowest BCUT2D eigenvalue weighted by atomic mass is 9.83. The molecule has 0 heterocycles. The molecule has 0 unspecified atom stereocenters. The summed E-state index contributed by atoms with van der Waals surface area (Å²) in [7, 11) is 0. The molecular formula is C8H11NO2. The van der Waals surface area contributed by atoms with E-state index in [1.54, 1.807) is 6.92 Å². The Morgan fingerprint density at radius 3 is 2.91 bits per heavy atom. The van der Waals surface area contributed by atoms with E-state index in [9.17, 15) is 9.90 Å². The summed E-state index contributed by atoms with van der Waals surface area (Å²) in [5.74, 6) is 0.0200. The van der Waals surface area contributed by atoms with Crippen molar-refractivity contribution in [2.75, 3.05) is 0 Å². The second kappa shape index (κ2) is 2.63. The molecule has 1 aliphatic rings. The Kier molecular flexibility index (Phi) is 1.97. The average molecular weight is 153 g/mol. The van der Waals surface area contributed by atoms with Gasteiger partial charge in [-0.05, 0) is 13.3 Å². The van der Waals surface area contributed by atoms with Crippen molar-refractivity contribution in [3.05, 3.63) is 0 Å². The number of nitrogens with zero attached hydrogens (tertiary/aromatic N) is 1. The first kappa shape index (κ1) is 8.22. The van der Waals surface area contributed by atoms with Gasteiger partial charge in [0.1, 0.15) is 5.78 Å². The van der Waals surface area contributed by atoms with Gasteiger partial charge in [-0.25, -0.2) is 0 Å². The summed E-state index contributed by atoms with van der Waals surface area (Å²) in [5.41, 5.74) is -0.783. The minimum absolute atomic E-state index is 0.0200. The predicted molar refractivity (Wildman–Crippen MR) is 38.6 cm³/mol. The number of carbonyl (C=O) groups excluding carboxylic acids is 1. The molecule has 3 heteroatoms. The van der Waals surface area contributed by atoms with Crippen molar-refractivity contribution < 1.29 is 9.90 Å². The molecule has 1 aliphatic carbocycles. The Morgan fingerprint density at radius 2 is 2.55 bits per heavy atom. The van der Waals surface area contributed by atoms with Crippen molar-refractivity contribution in [1.82, 2.24) is 0 Å². The van der Waals surface area contributed by atoms with Gasteiger partial charge in [0.05, 0.1) is 17.6 Å². The first-order valence-electron chi connectivity index (χ1n) is 3.69. The van der Waals surface area contributed by atoms with Gasteiger partial charge in [0.15, 0.2) is 0 Å². The van der Waals surface area contributed by atoms with E-state index in [1.165, 1.54) is 0 Å². The number of hydrogen-bond donors (Lipinski definition) is 1. The zero-order chi connectivity index (χ0) is 8.48. The molecule has 1 saturated carbocycles. The molecule has 0 saturated heterocycles. The summed E-state index contributed by atoms with van der Waals surface area (Å²) in [5, 5.41) is 17.8. The Hall–Kier alpha value is -0.880. The molecule has 0 radical (unpaired) electrons. The van der Waals surface area contributed by atoms with Gasteiger partial charge < -0.3 is 5.11 Å². The van der Waals surface area contributed by atoms with E-state index in [1.807, 2.05) is 6.07 Å². The Bertz CT molecular complexity index is 219.